The van der Waals surface area contributed by atoms with Crippen molar-refractivity contribution in [1.82, 2.24) is 9.80 Å². The second-order valence-electron chi connectivity index (χ2n) is 8.37. The number of quaternary nitrogens is 1. The maximum atomic E-state index is 13.6. The minimum absolute atomic E-state index is 0.134. The highest BCUT2D eigenvalue weighted by molar-refractivity contribution is 6.22. The monoisotopic (exact) mass is 406 g/mol. The predicted octanol–water partition coefficient (Wildman–Crippen LogP) is 1.03. The van der Waals surface area contributed by atoms with E-state index >= 15 is 0 Å². The van der Waals surface area contributed by atoms with Gasteiger partial charge < -0.3 is 9.80 Å². The van der Waals surface area contributed by atoms with Crippen molar-refractivity contribution in [2.24, 2.45) is 0 Å². The zero-order valence-electron chi connectivity index (χ0n) is 17.5. The number of carbonyl (C=O) groups excluding carboxylic acids is 3. The molecular weight excluding hydrogens is 378 g/mol. The number of hydrogen-bond acceptors (Lipinski definition) is 3. The van der Waals surface area contributed by atoms with Gasteiger partial charge in [-0.1, -0.05) is 42.5 Å². The van der Waals surface area contributed by atoms with Crippen LogP contribution in [0.25, 0.3) is 0 Å². The highest BCUT2D eigenvalue weighted by Gasteiger charge is 2.44. The van der Waals surface area contributed by atoms with E-state index in [0.717, 1.165) is 31.5 Å². The van der Waals surface area contributed by atoms with Crippen molar-refractivity contribution >= 4 is 17.7 Å². The van der Waals surface area contributed by atoms with E-state index in [1.165, 1.54) is 9.80 Å². The molecule has 2 aliphatic rings. The van der Waals surface area contributed by atoms with Gasteiger partial charge >= 0.3 is 0 Å². The number of benzene rings is 2. The number of amides is 3. The molecule has 0 bridgehead atoms. The smallest absolute Gasteiger partial charge is 0.262 e. The Bertz CT molecular complexity index is 916. The first-order valence-electron chi connectivity index (χ1n) is 10.6. The van der Waals surface area contributed by atoms with Gasteiger partial charge in [-0.2, -0.15) is 0 Å². The Labute approximate surface area is 177 Å². The summed E-state index contributed by atoms with van der Waals surface area (Å²) < 4.78 is 0. The maximum absolute atomic E-state index is 13.6. The minimum Gasteiger partial charge on any atom is -0.341 e. The third-order valence-corrected chi connectivity index (χ3v) is 6.40. The number of piperidine rings is 1. The molecule has 2 aromatic rings. The molecule has 0 spiro atoms. The Morgan fingerprint density at radius 1 is 1.00 bits per heavy atom. The van der Waals surface area contributed by atoms with E-state index in [0.29, 0.717) is 17.5 Å². The van der Waals surface area contributed by atoms with Crippen molar-refractivity contribution in [2.75, 3.05) is 27.2 Å². The first-order valence-corrected chi connectivity index (χ1v) is 10.6. The summed E-state index contributed by atoms with van der Waals surface area (Å²) in [5.74, 6) is -0.935. The van der Waals surface area contributed by atoms with Crippen molar-refractivity contribution < 1.29 is 19.3 Å². The van der Waals surface area contributed by atoms with E-state index < -0.39 is 6.04 Å². The van der Waals surface area contributed by atoms with Crippen LogP contribution in [0.15, 0.2) is 54.6 Å². The van der Waals surface area contributed by atoms with Gasteiger partial charge in [-0.05, 0) is 17.7 Å². The average molecular weight is 407 g/mol. The number of nitrogens with zero attached hydrogens (tertiary/aromatic N) is 2. The molecule has 0 unspecified atom stereocenters. The molecule has 2 aliphatic heterocycles. The van der Waals surface area contributed by atoms with Crippen LogP contribution < -0.4 is 4.90 Å². The van der Waals surface area contributed by atoms with Gasteiger partial charge in [-0.25, -0.2) is 0 Å². The molecule has 3 amide bonds. The van der Waals surface area contributed by atoms with Crippen molar-refractivity contribution in [1.29, 1.82) is 0 Å². The van der Waals surface area contributed by atoms with Gasteiger partial charge in [-0.3, -0.25) is 19.3 Å². The fraction of sp³-hybridized carbons (Fsp3) is 0.375. The van der Waals surface area contributed by atoms with Gasteiger partial charge in [0.15, 0.2) is 0 Å². The molecule has 1 fully saturated rings. The highest BCUT2D eigenvalue weighted by Crippen LogP contribution is 2.27. The molecule has 2 heterocycles. The van der Waals surface area contributed by atoms with Crippen molar-refractivity contribution in [2.45, 2.75) is 31.3 Å². The Morgan fingerprint density at radius 2 is 1.53 bits per heavy atom. The van der Waals surface area contributed by atoms with E-state index in [1.807, 2.05) is 37.4 Å². The van der Waals surface area contributed by atoms with E-state index in [4.69, 9.17) is 0 Å². The number of rotatable bonds is 5. The maximum Gasteiger partial charge on any atom is 0.262 e. The molecule has 6 heteroatoms. The zero-order valence-corrected chi connectivity index (χ0v) is 17.5. The van der Waals surface area contributed by atoms with E-state index in [9.17, 15) is 14.4 Å². The summed E-state index contributed by atoms with van der Waals surface area (Å²) >= 11 is 0. The first kappa shape index (κ1) is 20.3. The average Bonchev–Trinajstić information content (AvgIpc) is 3.03. The standard InChI is InChI=1S/C24H27N3O3/c1-25-14-12-18(13-15-25)26(2)24(30)21(16-17-8-4-3-5-9-17)27-22(28)19-10-6-7-11-20(19)23(27)29/h3-11,18,21H,12-16H2,1-2H3/p+1/t21-/m1/s1. The summed E-state index contributed by atoms with van der Waals surface area (Å²) in [4.78, 5) is 44.3. The van der Waals surface area contributed by atoms with Crippen molar-refractivity contribution in [3.05, 3.63) is 71.3 Å². The van der Waals surface area contributed by atoms with Crippen LogP contribution in [-0.2, 0) is 11.2 Å². The van der Waals surface area contributed by atoms with Crippen LogP contribution in [0.4, 0.5) is 0 Å². The molecule has 6 nitrogen and oxygen atoms in total. The lowest BCUT2D eigenvalue weighted by Crippen LogP contribution is -3.10. The van der Waals surface area contributed by atoms with Crippen LogP contribution in [0.3, 0.4) is 0 Å². The Kier molecular flexibility index (Phi) is 5.68. The van der Waals surface area contributed by atoms with Gasteiger partial charge in [0.1, 0.15) is 6.04 Å². The summed E-state index contributed by atoms with van der Waals surface area (Å²) in [7, 11) is 3.97. The number of nitrogens with one attached hydrogen (secondary N) is 1. The predicted molar refractivity (Wildman–Crippen MR) is 113 cm³/mol. The molecule has 156 valence electrons. The third-order valence-electron chi connectivity index (χ3n) is 6.40. The summed E-state index contributed by atoms with van der Waals surface area (Å²) in [6.07, 6.45) is 2.16. The Hall–Kier alpha value is -2.99. The topological polar surface area (TPSA) is 62.1 Å². The van der Waals surface area contributed by atoms with Gasteiger partial charge in [0.2, 0.25) is 5.91 Å². The van der Waals surface area contributed by atoms with E-state index in [1.54, 1.807) is 29.2 Å². The molecule has 1 N–H and O–H groups in total. The van der Waals surface area contributed by atoms with Crippen molar-refractivity contribution in [3.8, 4) is 0 Å². The molecule has 0 saturated carbocycles. The van der Waals surface area contributed by atoms with Crippen LogP contribution in [0.5, 0.6) is 0 Å². The molecule has 0 radical (unpaired) electrons. The fourth-order valence-corrected chi connectivity index (χ4v) is 4.52. The molecular formula is C24H28N3O3+. The summed E-state index contributed by atoms with van der Waals surface area (Å²) in [6.45, 7) is 2.03. The molecule has 30 heavy (non-hydrogen) atoms. The first-order chi connectivity index (χ1) is 14.5. The lowest BCUT2D eigenvalue weighted by molar-refractivity contribution is -0.885. The molecule has 1 saturated heterocycles. The summed E-state index contributed by atoms with van der Waals surface area (Å²) in [6, 6.07) is 15.7. The lowest BCUT2D eigenvalue weighted by Gasteiger charge is -2.36. The number of imide groups is 1. The normalized spacial score (nSPS) is 22.0. The van der Waals surface area contributed by atoms with Gasteiger partial charge in [-0.15, -0.1) is 0 Å². The van der Waals surface area contributed by atoms with Crippen LogP contribution in [0.1, 0.15) is 39.1 Å². The highest BCUT2D eigenvalue weighted by atomic mass is 16.2. The quantitative estimate of drug-likeness (QED) is 0.755. The zero-order chi connectivity index (χ0) is 21.3. The SMILES string of the molecule is CN(C(=O)[C@@H](Cc1ccccc1)N1C(=O)c2ccccc2C1=O)C1CC[NH+](C)CC1. The molecule has 4 rings (SSSR count). The largest absolute Gasteiger partial charge is 0.341 e. The fourth-order valence-electron chi connectivity index (χ4n) is 4.52. The van der Waals surface area contributed by atoms with Gasteiger partial charge in [0.25, 0.3) is 11.8 Å². The Morgan fingerprint density at radius 3 is 2.10 bits per heavy atom. The van der Waals surface area contributed by atoms with E-state index in [-0.39, 0.29) is 23.8 Å². The van der Waals surface area contributed by atoms with Crippen LogP contribution in [-0.4, -0.2) is 66.8 Å². The molecule has 1 atom stereocenters. The van der Waals surface area contributed by atoms with Crippen LogP contribution in [0, 0.1) is 0 Å². The second kappa shape index (κ2) is 8.40. The number of likely N-dealkylation sites (tertiary alicyclic amines) is 1. The van der Waals surface area contributed by atoms with Crippen LogP contribution >= 0.6 is 0 Å². The van der Waals surface area contributed by atoms with Crippen molar-refractivity contribution in [3.63, 3.8) is 0 Å². The van der Waals surface area contributed by atoms with E-state index in [2.05, 4.69) is 7.05 Å². The Balaban J connectivity index is 1.64. The molecule has 0 aromatic heterocycles. The van der Waals surface area contributed by atoms with Crippen LogP contribution in [0.2, 0.25) is 0 Å². The van der Waals surface area contributed by atoms with Gasteiger partial charge in [0, 0.05) is 32.4 Å². The molecule has 2 aromatic carbocycles. The third kappa shape index (κ3) is 3.75. The second-order valence-corrected chi connectivity index (χ2v) is 8.37. The van der Waals surface area contributed by atoms with Gasteiger partial charge in [0.05, 0.1) is 31.3 Å². The number of carbonyl (C=O) groups is 3. The molecule has 0 aliphatic carbocycles. The summed E-state index contributed by atoms with van der Waals surface area (Å²) in [5.41, 5.74) is 1.67. The minimum atomic E-state index is -0.850. The summed E-state index contributed by atoms with van der Waals surface area (Å²) in [5, 5.41) is 0. The lowest BCUT2D eigenvalue weighted by atomic mass is 9.99. The number of hydrogen-bond donors (Lipinski definition) is 1. The number of likely N-dealkylation sites (N-methyl/N-ethyl adjacent to an activating group) is 1. The number of fused-ring (bicyclic) bond motifs is 1.